The Morgan fingerprint density at radius 3 is 2.88 bits per heavy atom. The van der Waals surface area contributed by atoms with E-state index < -0.39 is 0 Å². The number of benzene rings is 1. The number of nitrogens with zero attached hydrogens (tertiary/aromatic N) is 1. The van der Waals surface area contributed by atoms with Gasteiger partial charge in [0, 0.05) is 11.8 Å². The number of rotatable bonds is 4. The molecule has 0 aliphatic carbocycles. The van der Waals surface area contributed by atoms with Gasteiger partial charge in [-0.1, -0.05) is 36.7 Å². The van der Waals surface area contributed by atoms with Gasteiger partial charge in [0.1, 0.15) is 17.5 Å². The zero-order chi connectivity index (χ0) is 12.1. The van der Waals surface area contributed by atoms with Gasteiger partial charge < -0.3 is 4.74 Å². The molecule has 2 rings (SSSR count). The third kappa shape index (κ3) is 3.21. The van der Waals surface area contributed by atoms with Gasteiger partial charge >= 0.3 is 0 Å². The highest BCUT2D eigenvalue weighted by Crippen LogP contribution is 2.18. The lowest BCUT2D eigenvalue weighted by Crippen LogP contribution is -1.97. The van der Waals surface area contributed by atoms with Crippen LogP contribution in [-0.2, 0) is 13.0 Å². The van der Waals surface area contributed by atoms with Crippen molar-refractivity contribution in [2.45, 2.75) is 20.0 Å². The second-order valence-corrected chi connectivity index (χ2v) is 4.10. The molecule has 2 aromatic rings. The van der Waals surface area contributed by atoms with Crippen LogP contribution in [0.5, 0.6) is 5.75 Å². The molecule has 0 aliphatic heterocycles. The number of halogens is 1. The smallest absolute Gasteiger partial charge is 0.135 e. The van der Waals surface area contributed by atoms with Crippen LogP contribution in [0.1, 0.15) is 18.1 Å². The Morgan fingerprint density at radius 1 is 1.24 bits per heavy atom. The Balaban J connectivity index is 2.05. The van der Waals surface area contributed by atoms with Crippen molar-refractivity contribution in [3.63, 3.8) is 0 Å². The lowest BCUT2D eigenvalue weighted by atomic mass is 10.2. The van der Waals surface area contributed by atoms with E-state index in [1.54, 1.807) is 6.20 Å². The van der Waals surface area contributed by atoms with E-state index in [1.165, 1.54) is 5.56 Å². The molecule has 2 nitrogen and oxygen atoms in total. The molecule has 0 unspecified atom stereocenters. The summed E-state index contributed by atoms with van der Waals surface area (Å²) in [5.74, 6) is 0.865. The monoisotopic (exact) mass is 247 g/mol. The van der Waals surface area contributed by atoms with Gasteiger partial charge in [0.2, 0.25) is 0 Å². The summed E-state index contributed by atoms with van der Waals surface area (Å²) in [5, 5.41) is 0.499. The second-order valence-electron chi connectivity index (χ2n) is 3.74. The zero-order valence-corrected chi connectivity index (χ0v) is 10.4. The third-order valence-electron chi connectivity index (χ3n) is 2.54. The molecule has 0 atom stereocenters. The maximum Gasteiger partial charge on any atom is 0.135 e. The largest absolute Gasteiger partial charge is 0.489 e. The summed E-state index contributed by atoms with van der Waals surface area (Å²) < 4.78 is 5.69. The SMILES string of the molecule is CCc1cccc(OCc2cccnc2Cl)c1. The molecule has 0 bridgehead atoms. The molecule has 0 saturated heterocycles. The van der Waals surface area contributed by atoms with E-state index in [9.17, 15) is 0 Å². The van der Waals surface area contributed by atoms with E-state index in [-0.39, 0.29) is 0 Å². The van der Waals surface area contributed by atoms with Crippen molar-refractivity contribution in [3.05, 3.63) is 58.9 Å². The van der Waals surface area contributed by atoms with Crippen molar-refractivity contribution in [2.75, 3.05) is 0 Å². The molecule has 0 aliphatic rings. The summed E-state index contributed by atoms with van der Waals surface area (Å²) in [6.07, 6.45) is 2.67. The normalized spacial score (nSPS) is 10.2. The Bertz CT molecular complexity index is 499. The molecule has 0 radical (unpaired) electrons. The summed E-state index contributed by atoms with van der Waals surface area (Å²) in [6, 6.07) is 11.8. The van der Waals surface area contributed by atoms with Gasteiger partial charge in [-0.15, -0.1) is 0 Å². The fourth-order valence-corrected chi connectivity index (χ4v) is 1.72. The topological polar surface area (TPSA) is 22.1 Å². The van der Waals surface area contributed by atoms with E-state index >= 15 is 0 Å². The highest BCUT2D eigenvalue weighted by molar-refractivity contribution is 6.30. The van der Waals surface area contributed by atoms with Crippen molar-refractivity contribution >= 4 is 11.6 Å². The molecular formula is C14H14ClNO. The van der Waals surface area contributed by atoms with Gasteiger partial charge in [0.25, 0.3) is 0 Å². The molecule has 1 aromatic carbocycles. The van der Waals surface area contributed by atoms with Crippen molar-refractivity contribution in [1.29, 1.82) is 0 Å². The molecule has 3 heteroatoms. The summed E-state index contributed by atoms with van der Waals surface area (Å²) in [7, 11) is 0. The fraction of sp³-hybridized carbons (Fsp3) is 0.214. The molecule has 0 saturated carbocycles. The minimum Gasteiger partial charge on any atom is -0.489 e. The molecule has 0 N–H and O–H groups in total. The van der Waals surface area contributed by atoms with Crippen LogP contribution in [0.2, 0.25) is 5.15 Å². The van der Waals surface area contributed by atoms with Gasteiger partial charge in [-0.3, -0.25) is 0 Å². The molecule has 0 spiro atoms. The molecule has 0 amide bonds. The Hall–Kier alpha value is -1.54. The number of hydrogen-bond acceptors (Lipinski definition) is 2. The van der Waals surface area contributed by atoms with Gasteiger partial charge in [-0.2, -0.15) is 0 Å². The average Bonchev–Trinajstić information content (AvgIpc) is 2.38. The molecule has 88 valence electrons. The number of aryl methyl sites for hydroxylation is 1. The standard InChI is InChI=1S/C14H14ClNO/c1-2-11-5-3-7-13(9-11)17-10-12-6-4-8-16-14(12)15/h3-9H,2,10H2,1H3. The van der Waals surface area contributed by atoms with Crippen LogP contribution < -0.4 is 4.74 Å². The molecule has 1 aromatic heterocycles. The highest BCUT2D eigenvalue weighted by Gasteiger charge is 2.01. The number of ether oxygens (including phenoxy) is 1. The van der Waals surface area contributed by atoms with Crippen molar-refractivity contribution in [3.8, 4) is 5.75 Å². The predicted octanol–water partition coefficient (Wildman–Crippen LogP) is 3.88. The van der Waals surface area contributed by atoms with E-state index in [0.717, 1.165) is 17.7 Å². The van der Waals surface area contributed by atoms with Crippen LogP contribution in [0, 0.1) is 0 Å². The van der Waals surface area contributed by atoms with Crippen LogP contribution in [0.15, 0.2) is 42.6 Å². The first-order valence-electron chi connectivity index (χ1n) is 5.60. The lowest BCUT2D eigenvalue weighted by molar-refractivity contribution is 0.305. The van der Waals surface area contributed by atoms with Crippen LogP contribution >= 0.6 is 11.6 Å². The zero-order valence-electron chi connectivity index (χ0n) is 9.69. The van der Waals surface area contributed by atoms with E-state index in [2.05, 4.69) is 18.0 Å². The number of pyridine rings is 1. The average molecular weight is 248 g/mol. The first kappa shape index (κ1) is 11.9. The Kier molecular flexibility index (Phi) is 3.99. The Labute approximate surface area is 106 Å². The van der Waals surface area contributed by atoms with Crippen LogP contribution in [0.4, 0.5) is 0 Å². The summed E-state index contributed by atoms with van der Waals surface area (Å²) in [4.78, 5) is 4.01. The first-order chi connectivity index (χ1) is 8.29. The van der Waals surface area contributed by atoms with Gasteiger partial charge in [0.05, 0.1) is 0 Å². The van der Waals surface area contributed by atoms with Gasteiger partial charge in [-0.05, 0) is 30.2 Å². The van der Waals surface area contributed by atoms with Gasteiger partial charge in [0.15, 0.2) is 0 Å². The number of hydrogen-bond donors (Lipinski definition) is 0. The third-order valence-corrected chi connectivity index (χ3v) is 2.88. The predicted molar refractivity (Wildman–Crippen MR) is 69.4 cm³/mol. The lowest BCUT2D eigenvalue weighted by Gasteiger charge is -2.08. The number of aromatic nitrogens is 1. The van der Waals surface area contributed by atoms with Crippen molar-refractivity contribution < 1.29 is 4.74 Å². The quantitative estimate of drug-likeness (QED) is 0.765. The summed E-state index contributed by atoms with van der Waals surface area (Å²) in [5.41, 5.74) is 2.16. The minimum atomic E-state index is 0.444. The van der Waals surface area contributed by atoms with Crippen molar-refractivity contribution in [1.82, 2.24) is 4.98 Å². The summed E-state index contributed by atoms with van der Waals surface area (Å²) in [6.45, 7) is 2.57. The minimum absolute atomic E-state index is 0.444. The molecule has 17 heavy (non-hydrogen) atoms. The van der Waals surface area contributed by atoms with Crippen LogP contribution in [-0.4, -0.2) is 4.98 Å². The van der Waals surface area contributed by atoms with Crippen molar-refractivity contribution in [2.24, 2.45) is 0 Å². The first-order valence-corrected chi connectivity index (χ1v) is 5.98. The van der Waals surface area contributed by atoms with Gasteiger partial charge in [-0.25, -0.2) is 4.98 Å². The molecular weight excluding hydrogens is 234 g/mol. The van der Waals surface area contributed by atoms with E-state index in [1.807, 2.05) is 30.3 Å². The molecule has 0 fully saturated rings. The maximum atomic E-state index is 5.96. The second kappa shape index (κ2) is 5.69. The Morgan fingerprint density at radius 2 is 2.12 bits per heavy atom. The highest BCUT2D eigenvalue weighted by atomic mass is 35.5. The summed E-state index contributed by atoms with van der Waals surface area (Å²) >= 11 is 5.96. The van der Waals surface area contributed by atoms with Crippen LogP contribution in [0.25, 0.3) is 0 Å². The fourth-order valence-electron chi connectivity index (χ4n) is 1.54. The van der Waals surface area contributed by atoms with Crippen LogP contribution in [0.3, 0.4) is 0 Å². The maximum absolute atomic E-state index is 5.96. The molecule has 1 heterocycles. The van der Waals surface area contributed by atoms with E-state index in [0.29, 0.717) is 11.8 Å². The van der Waals surface area contributed by atoms with E-state index in [4.69, 9.17) is 16.3 Å².